The Kier molecular flexibility index (Phi) is 4.99. The van der Waals surface area contributed by atoms with E-state index in [1.165, 1.54) is 6.07 Å². The standard InChI is InChI=1S/C15H12Br2F3N/c1-9(10-2-4-11(16)5-3-10)21-14-7-6-12(17)8-13(14)15(18,19)20/h2-9,21H,1H3. The van der Waals surface area contributed by atoms with E-state index in [4.69, 9.17) is 0 Å². The van der Waals surface area contributed by atoms with Crippen LogP contribution in [0, 0.1) is 0 Å². The first-order valence-electron chi connectivity index (χ1n) is 6.16. The van der Waals surface area contributed by atoms with Crippen molar-refractivity contribution in [3.8, 4) is 0 Å². The van der Waals surface area contributed by atoms with Gasteiger partial charge in [0.25, 0.3) is 0 Å². The summed E-state index contributed by atoms with van der Waals surface area (Å²) in [6, 6.07) is 11.3. The monoisotopic (exact) mass is 421 g/mol. The molecule has 0 aromatic heterocycles. The molecule has 1 unspecified atom stereocenters. The van der Waals surface area contributed by atoms with Crippen molar-refractivity contribution in [2.24, 2.45) is 0 Å². The van der Waals surface area contributed by atoms with E-state index in [1.807, 2.05) is 31.2 Å². The maximum absolute atomic E-state index is 13.1. The van der Waals surface area contributed by atoms with Gasteiger partial charge in [0.1, 0.15) is 0 Å². The van der Waals surface area contributed by atoms with E-state index in [2.05, 4.69) is 37.2 Å². The molecule has 0 bridgehead atoms. The summed E-state index contributed by atoms with van der Waals surface area (Å²) < 4.78 is 40.5. The van der Waals surface area contributed by atoms with Gasteiger partial charge in [0.05, 0.1) is 5.56 Å². The van der Waals surface area contributed by atoms with Crippen molar-refractivity contribution in [1.29, 1.82) is 0 Å². The Balaban J connectivity index is 2.29. The van der Waals surface area contributed by atoms with Gasteiger partial charge in [-0.05, 0) is 42.8 Å². The van der Waals surface area contributed by atoms with Gasteiger partial charge >= 0.3 is 6.18 Å². The van der Waals surface area contributed by atoms with Crippen LogP contribution in [0.15, 0.2) is 51.4 Å². The van der Waals surface area contributed by atoms with Gasteiger partial charge in [0, 0.05) is 20.7 Å². The molecule has 0 saturated heterocycles. The van der Waals surface area contributed by atoms with Gasteiger partial charge in [-0.2, -0.15) is 13.2 Å². The molecular formula is C15H12Br2F3N. The molecule has 21 heavy (non-hydrogen) atoms. The summed E-state index contributed by atoms with van der Waals surface area (Å²) in [4.78, 5) is 0. The molecule has 2 aromatic carbocycles. The predicted molar refractivity (Wildman–Crippen MR) is 85.3 cm³/mol. The maximum Gasteiger partial charge on any atom is 0.418 e. The Hall–Kier alpha value is -1.01. The molecule has 0 aliphatic carbocycles. The number of hydrogen-bond acceptors (Lipinski definition) is 1. The van der Waals surface area contributed by atoms with Crippen molar-refractivity contribution in [2.75, 3.05) is 5.32 Å². The topological polar surface area (TPSA) is 12.0 Å². The number of anilines is 1. The maximum atomic E-state index is 13.1. The summed E-state index contributed by atoms with van der Waals surface area (Å²) in [7, 11) is 0. The molecule has 0 heterocycles. The quantitative estimate of drug-likeness (QED) is 0.603. The minimum atomic E-state index is -4.40. The van der Waals surface area contributed by atoms with Crippen LogP contribution in [-0.2, 0) is 6.18 Å². The molecule has 0 aliphatic rings. The summed E-state index contributed by atoms with van der Waals surface area (Å²) in [6.45, 7) is 1.82. The lowest BCUT2D eigenvalue weighted by Gasteiger charge is -2.20. The average molecular weight is 423 g/mol. The Morgan fingerprint density at radius 3 is 2.10 bits per heavy atom. The van der Waals surface area contributed by atoms with Crippen LogP contribution in [-0.4, -0.2) is 0 Å². The van der Waals surface area contributed by atoms with Crippen molar-refractivity contribution < 1.29 is 13.2 Å². The van der Waals surface area contributed by atoms with E-state index in [0.29, 0.717) is 4.47 Å². The van der Waals surface area contributed by atoms with Crippen LogP contribution in [0.25, 0.3) is 0 Å². The molecule has 0 saturated carbocycles. The highest BCUT2D eigenvalue weighted by Crippen LogP contribution is 2.37. The lowest BCUT2D eigenvalue weighted by molar-refractivity contribution is -0.137. The van der Waals surface area contributed by atoms with Crippen LogP contribution < -0.4 is 5.32 Å². The Morgan fingerprint density at radius 2 is 1.52 bits per heavy atom. The zero-order valence-electron chi connectivity index (χ0n) is 11.0. The minimum absolute atomic E-state index is 0.0705. The van der Waals surface area contributed by atoms with E-state index in [1.54, 1.807) is 6.07 Å². The van der Waals surface area contributed by atoms with E-state index < -0.39 is 11.7 Å². The molecule has 0 fully saturated rings. The summed E-state index contributed by atoms with van der Waals surface area (Å²) in [5.41, 5.74) is 0.302. The second-order valence-corrected chi connectivity index (χ2v) is 6.44. The predicted octanol–water partition coefficient (Wildman–Crippen LogP) is 6.40. The van der Waals surface area contributed by atoms with E-state index in [-0.39, 0.29) is 11.7 Å². The zero-order valence-corrected chi connectivity index (χ0v) is 14.2. The summed E-state index contributed by atoms with van der Waals surface area (Å²) >= 11 is 6.41. The third-order valence-electron chi connectivity index (χ3n) is 3.03. The first-order valence-corrected chi connectivity index (χ1v) is 7.75. The van der Waals surface area contributed by atoms with Gasteiger partial charge in [-0.3, -0.25) is 0 Å². The highest BCUT2D eigenvalue weighted by molar-refractivity contribution is 9.10. The average Bonchev–Trinajstić information content (AvgIpc) is 2.40. The SMILES string of the molecule is CC(Nc1ccc(Br)cc1C(F)(F)F)c1ccc(Br)cc1. The van der Waals surface area contributed by atoms with Gasteiger partial charge in [0.2, 0.25) is 0 Å². The van der Waals surface area contributed by atoms with Crippen molar-refractivity contribution in [3.63, 3.8) is 0 Å². The third-order valence-corrected chi connectivity index (χ3v) is 4.05. The van der Waals surface area contributed by atoms with Crippen molar-refractivity contribution in [3.05, 3.63) is 62.5 Å². The second kappa shape index (κ2) is 6.40. The number of halogens is 5. The Labute approximate surface area is 137 Å². The molecular weight excluding hydrogens is 411 g/mol. The summed E-state index contributed by atoms with van der Waals surface area (Å²) in [6.07, 6.45) is -4.40. The molecule has 0 radical (unpaired) electrons. The smallest absolute Gasteiger partial charge is 0.378 e. The molecule has 2 rings (SSSR count). The number of nitrogens with one attached hydrogen (secondary N) is 1. The number of rotatable bonds is 3. The molecule has 112 valence electrons. The second-order valence-electron chi connectivity index (χ2n) is 4.61. The van der Waals surface area contributed by atoms with Crippen molar-refractivity contribution >= 4 is 37.5 Å². The largest absolute Gasteiger partial charge is 0.418 e. The molecule has 0 aliphatic heterocycles. The number of hydrogen-bond donors (Lipinski definition) is 1. The van der Waals surface area contributed by atoms with E-state index in [9.17, 15) is 13.2 Å². The fourth-order valence-electron chi connectivity index (χ4n) is 1.94. The molecule has 1 atom stereocenters. The van der Waals surface area contributed by atoms with Crippen LogP contribution in [0.5, 0.6) is 0 Å². The highest BCUT2D eigenvalue weighted by atomic mass is 79.9. The van der Waals surface area contributed by atoms with Crippen LogP contribution in [0.1, 0.15) is 24.1 Å². The minimum Gasteiger partial charge on any atom is -0.378 e. The van der Waals surface area contributed by atoms with Gasteiger partial charge in [0.15, 0.2) is 0 Å². The van der Waals surface area contributed by atoms with E-state index in [0.717, 1.165) is 16.1 Å². The van der Waals surface area contributed by atoms with Crippen molar-refractivity contribution in [2.45, 2.75) is 19.1 Å². The molecule has 1 nitrogen and oxygen atoms in total. The molecule has 0 spiro atoms. The Bertz CT molecular complexity index is 624. The van der Waals surface area contributed by atoms with Gasteiger partial charge in [-0.1, -0.05) is 44.0 Å². The lowest BCUT2D eigenvalue weighted by atomic mass is 10.1. The zero-order chi connectivity index (χ0) is 15.6. The van der Waals surface area contributed by atoms with Crippen LogP contribution in [0.2, 0.25) is 0 Å². The van der Waals surface area contributed by atoms with Crippen LogP contribution in [0.4, 0.5) is 18.9 Å². The normalized spacial score (nSPS) is 13.0. The molecule has 2 aromatic rings. The van der Waals surface area contributed by atoms with E-state index >= 15 is 0 Å². The van der Waals surface area contributed by atoms with Crippen LogP contribution in [0.3, 0.4) is 0 Å². The Morgan fingerprint density at radius 1 is 0.952 bits per heavy atom. The number of alkyl halides is 3. The van der Waals surface area contributed by atoms with Crippen molar-refractivity contribution in [1.82, 2.24) is 0 Å². The fourth-order valence-corrected chi connectivity index (χ4v) is 2.57. The first-order chi connectivity index (χ1) is 9.77. The summed E-state index contributed by atoms with van der Waals surface area (Å²) in [5.74, 6) is 0. The molecule has 0 amide bonds. The fraction of sp³-hybridized carbons (Fsp3) is 0.200. The molecule has 6 heteroatoms. The highest BCUT2D eigenvalue weighted by Gasteiger charge is 2.34. The van der Waals surface area contributed by atoms with Crippen LogP contribution >= 0.6 is 31.9 Å². The molecule has 1 N–H and O–H groups in total. The van der Waals surface area contributed by atoms with Gasteiger partial charge in [-0.25, -0.2) is 0 Å². The number of benzene rings is 2. The van der Waals surface area contributed by atoms with Gasteiger partial charge < -0.3 is 5.32 Å². The van der Waals surface area contributed by atoms with Gasteiger partial charge in [-0.15, -0.1) is 0 Å². The third kappa shape index (κ3) is 4.23. The first kappa shape index (κ1) is 16.4. The lowest BCUT2D eigenvalue weighted by Crippen LogP contribution is -2.13. The summed E-state index contributed by atoms with van der Waals surface area (Å²) in [5, 5.41) is 2.92.